The van der Waals surface area contributed by atoms with Crippen LogP contribution in [-0.2, 0) is 22.4 Å². The van der Waals surface area contributed by atoms with Gasteiger partial charge < -0.3 is 25.8 Å². The van der Waals surface area contributed by atoms with Gasteiger partial charge in [0.1, 0.15) is 6.04 Å². The average molecular weight is 552 g/mol. The molecule has 3 aliphatic heterocycles. The molecular formula is C31H42ClN5O2. The molecule has 2 atom stereocenters. The minimum absolute atomic E-state index is 0.00745. The SMILES string of the molecule is CN1CCC(NC2CCN(C(=O)[C@@H](Cc3ccc(Cl)cc3)NC(=O)C[C@@H]3NCCc4ccccc43)CC2)CC1. The van der Waals surface area contributed by atoms with Gasteiger partial charge in [-0.05, 0) is 87.6 Å². The molecule has 39 heavy (non-hydrogen) atoms. The first-order valence-electron chi connectivity index (χ1n) is 14.5. The van der Waals surface area contributed by atoms with E-state index >= 15 is 0 Å². The van der Waals surface area contributed by atoms with Gasteiger partial charge in [-0.15, -0.1) is 0 Å². The summed E-state index contributed by atoms with van der Waals surface area (Å²) >= 11 is 6.10. The Morgan fingerprint density at radius 2 is 1.64 bits per heavy atom. The highest BCUT2D eigenvalue weighted by Gasteiger charge is 2.31. The zero-order chi connectivity index (χ0) is 27.2. The van der Waals surface area contributed by atoms with Crippen molar-refractivity contribution in [2.75, 3.05) is 39.8 Å². The lowest BCUT2D eigenvalue weighted by Crippen LogP contribution is -2.55. The van der Waals surface area contributed by atoms with Crippen molar-refractivity contribution in [2.24, 2.45) is 0 Å². The summed E-state index contributed by atoms with van der Waals surface area (Å²) < 4.78 is 0. The van der Waals surface area contributed by atoms with Gasteiger partial charge in [0.15, 0.2) is 0 Å². The molecule has 7 nitrogen and oxygen atoms in total. The van der Waals surface area contributed by atoms with Gasteiger partial charge in [0.05, 0.1) is 0 Å². The maximum atomic E-state index is 13.8. The molecule has 8 heteroatoms. The zero-order valence-corrected chi connectivity index (χ0v) is 23.8. The molecule has 3 heterocycles. The van der Waals surface area contributed by atoms with Crippen LogP contribution in [-0.4, -0.2) is 79.5 Å². The number of amides is 2. The van der Waals surface area contributed by atoms with E-state index in [1.165, 1.54) is 24.0 Å². The van der Waals surface area contributed by atoms with Gasteiger partial charge in [0.2, 0.25) is 11.8 Å². The number of carbonyl (C=O) groups is 2. The van der Waals surface area contributed by atoms with E-state index in [0.29, 0.717) is 43.0 Å². The molecule has 3 N–H and O–H groups in total. The summed E-state index contributed by atoms with van der Waals surface area (Å²) in [7, 11) is 2.18. The number of halogens is 1. The number of piperidine rings is 2. The van der Waals surface area contributed by atoms with E-state index in [4.69, 9.17) is 11.6 Å². The van der Waals surface area contributed by atoms with Gasteiger partial charge in [0, 0.05) is 49.1 Å². The molecular weight excluding hydrogens is 510 g/mol. The molecule has 0 radical (unpaired) electrons. The third-order valence-corrected chi connectivity index (χ3v) is 8.84. The lowest BCUT2D eigenvalue weighted by atomic mass is 9.92. The van der Waals surface area contributed by atoms with Crippen molar-refractivity contribution >= 4 is 23.4 Å². The van der Waals surface area contributed by atoms with E-state index in [9.17, 15) is 9.59 Å². The molecule has 2 aromatic carbocycles. The maximum Gasteiger partial charge on any atom is 0.245 e. The number of hydrogen-bond acceptors (Lipinski definition) is 5. The molecule has 2 saturated heterocycles. The van der Waals surface area contributed by atoms with Gasteiger partial charge in [-0.1, -0.05) is 48.0 Å². The Balaban J connectivity index is 1.20. The predicted octanol–water partition coefficient (Wildman–Crippen LogP) is 3.32. The van der Waals surface area contributed by atoms with Gasteiger partial charge in [-0.2, -0.15) is 0 Å². The van der Waals surface area contributed by atoms with Crippen molar-refractivity contribution in [1.82, 2.24) is 25.8 Å². The Morgan fingerprint density at radius 1 is 0.974 bits per heavy atom. The van der Waals surface area contributed by atoms with Crippen LogP contribution in [0.1, 0.15) is 54.8 Å². The van der Waals surface area contributed by atoms with Crippen LogP contribution < -0.4 is 16.0 Å². The van der Waals surface area contributed by atoms with E-state index in [2.05, 4.69) is 46.1 Å². The van der Waals surface area contributed by atoms with Crippen molar-refractivity contribution in [1.29, 1.82) is 0 Å². The predicted molar refractivity (Wildman–Crippen MR) is 156 cm³/mol. The highest BCUT2D eigenvalue weighted by atomic mass is 35.5. The number of likely N-dealkylation sites (tertiary alicyclic amines) is 2. The maximum absolute atomic E-state index is 13.8. The second-order valence-electron chi connectivity index (χ2n) is 11.5. The largest absolute Gasteiger partial charge is 0.344 e. The summed E-state index contributed by atoms with van der Waals surface area (Å²) in [6.07, 6.45) is 5.99. The van der Waals surface area contributed by atoms with Gasteiger partial charge in [-0.25, -0.2) is 0 Å². The lowest BCUT2D eigenvalue weighted by Gasteiger charge is -2.38. The van der Waals surface area contributed by atoms with Crippen LogP contribution in [0.3, 0.4) is 0 Å². The minimum atomic E-state index is -0.601. The topological polar surface area (TPSA) is 76.7 Å². The second-order valence-corrected chi connectivity index (χ2v) is 11.9. The zero-order valence-electron chi connectivity index (χ0n) is 23.0. The number of rotatable bonds is 8. The molecule has 210 valence electrons. The van der Waals surface area contributed by atoms with E-state index < -0.39 is 6.04 Å². The normalized spacial score (nSPS) is 21.8. The highest BCUT2D eigenvalue weighted by Crippen LogP contribution is 2.25. The first kappa shape index (κ1) is 28.1. The smallest absolute Gasteiger partial charge is 0.245 e. The van der Waals surface area contributed by atoms with Gasteiger partial charge >= 0.3 is 0 Å². The Kier molecular flexibility index (Phi) is 9.56. The summed E-state index contributed by atoms with van der Waals surface area (Å²) in [5.74, 6) is -0.0941. The Hall–Kier alpha value is -2.45. The van der Waals surface area contributed by atoms with Crippen LogP contribution in [0.15, 0.2) is 48.5 Å². The van der Waals surface area contributed by atoms with Gasteiger partial charge in [-0.3, -0.25) is 9.59 Å². The summed E-state index contributed by atoms with van der Waals surface area (Å²) in [5.41, 5.74) is 3.45. The number of benzene rings is 2. The molecule has 0 saturated carbocycles. The molecule has 2 aromatic rings. The van der Waals surface area contributed by atoms with Crippen molar-refractivity contribution in [3.8, 4) is 0 Å². The molecule has 0 aromatic heterocycles. The van der Waals surface area contributed by atoms with Crippen molar-refractivity contribution in [2.45, 2.75) is 69.1 Å². The summed E-state index contributed by atoms with van der Waals surface area (Å²) in [4.78, 5) is 31.4. The fourth-order valence-electron chi connectivity index (χ4n) is 6.27. The molecule has 0 bridgehead atoms. The van der Waals surface area contributed by atoms with Crippen LogP contribution in [0.5, 0.6) is 0 Å². The first-order valence-corrected chi connectivity index (χ1v) is 14.9. The van der Waals surface area contributed by atoms with Crippen LogP contribution in [0.4, 0.5) is 0 Å². The van der Waals surface area contributed by atoms with E-state index in [0.717, 1.165) is 44.5 Å². The first-order chi connectivity index (χ1) is 18.9. The summed E-state index contributed by atoms with van der Waals surface area (Å²) in [5, 5.41) is 11.1. The number of nitrogens with zero attached hydrogens (tertiary/aromatic N) is 2. The molecule has 5 rings (SSSR count). The van der Waals surface area contributed by atoms with Crippen LogP contribution in [0.2, 0.25) is 5.02 Å². The fraction of sp³-hybridized carbons (Fsp3) is 0.548. The number of carbonyl (C=O) groups excluding carboxylic acids is 2. The second kappa shape index (κ2) is 13.3. The molecule has 2 amide bonds. The standard InChI is InChI=1S/C31H42ClN5O2/c1-36-16-11-25(12-17-36)34-26-13-18-37(19-14-26)31(39)29(20-22-6-8-24(32)9-7-22)35-30(38)21-28-27-5-3-2-4-23(27)10-15-33-28/h2-9,25-26,28-29,33-34H,10-21H2,1H3,(H,35,38)/t28-,29+/m0/s1. The monoisotopic (exact) mass is 551 g/mol. The van der Waals surface area contributed by atoms with Crippen molar-refractivity contribution in [3.05, 3.63) is 70.2 Å². The molecule has 0 unspecified atom stereocenters. The Morgan fingerprint density at radius 3 is 2.36 bits per heavy atom. The summed E-state index contributed by atoms with van der Waals surface area (Å²) in [6.45, 7) is 4.57. The fourth-order valence-corrected chi connectivity index (χ4v) is 6.39. The van der Waals surface area contributed by atoms with E-state index in [-0.39, 0.29) is 17.9 Å². The van der Waals surface area contributed by atoms with Crippen molar-refractivity contribution < 1.29 is 9.59 Å². The van der Waals surface area contributed by atoms with E-state index in [1.807, 2.05) is 35.2 Å². The molecule has 3 aliphatic rings. The molecule has 2 fully saturated rings. The van der Waals surface area contributed by atoms with Crippen LogP contribution in [0.25, 0.3) is 0 Å². The summed E-state index contributed by atoms with van der Waals surface area (Å²) in [6, 6.07) is 16.2. The third-order valence-electron chi connectivity index (χ3n) is 8.59. The van der Waals surface area contributed by atoms with Gasteiger partial charge in [0.25, 0.3) is 0 Å². The van der Waals surface area contributed by atoms with Crippen molar-refractivity contribution in [3.63, 3.8) is 0 Å². The minimum Gasteiger partial charge on any atom is -0.344 e. The third kappa shape index (κ3) is 7.60. The average Bonchev–Trinajstić information content (AvgIpc) is 2.95. The Labute approximate surface area is 237 Å². The van der Waals surface area contributed by atoms with Crippen LogP contribution >= 0.6 is 11.6 Å². The quantitative estimate of drug-likeness (QED) is 0.469. The molecule has 0 spiro atoms. The highest BCUT2D eigenvalue weighted by molar-refractivity contribution is 6.30. The van der Waals surface area contributed by atoms with Crippen LogP contribution in [0, 0.1) is 0 Å². The Bertz CT molecular complexity index is 1110. The number of hydrogen-bond donors (Lipinski definition) is 3. The van der Waals surface area contributed by atoms with E-state index in [1.54, 1.807) is 0 Å². The number of nitrogens with one attached hydrogen (secondary N) is 3. The number of fused-ring (bicyclic) bond motifs is 1. The molecule has 0 aliphatic carbocycles. The lowest BCUT2D eigenvalue weighted by molar-refractivity contribution is -0.137.